The number of aliphatic hydroxyl groups is 2. The first kappa shape index (κ1) is 19.5. The Morgan fingerprint density at radius 2 is 1.93 bits per heavy atom. The van der Waals surface area contributed by atoms with Gasteiger partial charge >= 0.3 is 0 Å². The van der Waals surface area contributed by atoms with E-state index in [0.717, 1.165) is 11.3 Å². The zero-order valence-electron chi connectivity index (χ0n) is 16.0. The number of ether oxygens (including phenoxy) is 3. The largest absolute Gasteiger partial charge is 0.497 e. The van der Waals surface area contributed by atoms with E-state index in [1.807, 2.05) is 31.2 Å². The fourth-order valence-electron chi connectivity index (χ4n) is 3.36. The predicted molar refractivity (Wildman–Crippen MR) is 103 cm³/mol. The highest BCUT2D eigenvalue weighted by Crippen LogP contribution is 2.33. The van der Waals surface area contributed by atoms with E-state index < -0.39 is 24.5 Å². The Morgan fingerprint density at radius 1 is 1.17 bits per heavy atom. The molecular weight excluding hydrogens is 378 g/mol. The van der Waals surface area contributed by atoms with Crippen LogP contribution in [0.3, 0.4) is 0 Å². The number of benzene rings is 1. The summed E-state index contributed by atoms with van der Waals surface area (Å²) in [5.74, 6) is 0.994. The van der Waals surface area contributed by atoms with Gasteiger partial charge in [0.05, 0.1) is 26.1 Å². The van der Waals surface area contributed by atoms with Crippen molar-refractivity contribution in [2.45, 2.75) is 37.6 Å². The van der Waals surface area contributed by atoms with E-state index in [2.05, 4.69) is 15.0 Å². The van der Waals surface area contributed by atoms with Crippen molar-refractivity contribution in [2.24, 2.45) is 0 Å². The van der Waals surface area contributed by atoms with Crippen molar-refractivity contribution in [3.8, 4) is 5.75 Å². The zero-order valence-corrected chi connectivity index (χ0v) is 16.0. The first-order valence-corrected chi connectivity index (χ1v) is 9.19. The molecule has 3 aromatic rings. The molecule has 1 saturated heterocycles. The topological polar surface area (TPSA) is 138 Å². The lowest BCUT2D eigenvalue weighted by Gasteiger charge is -2.19. The lowest BCUT2D eigenvalue weighted by molar-refractivity contribution is -0.0788. The van der Waals surface area contributed by atoms with Crippen LogP contribution < -0.4 is 10.5 Å². The van der Waals surface area contributed by atoms with Gasteiger partial charge in [-0.1, -0.05) is 12.1 Å². The summed E-state index contributed by atoms with van der Waals surface area (Å²) < 4.78 is 18.4. The van der Waals surface area contributed by atoms with Crippen molar-refractivity contribution in [1.29, 1.82) is 0 Å². The van der Waals surface area contributed by atoms with Crippen LogP contribution in [-0.4, -0.2) is 61.8 Å². The molecule has 1 fully saturated rings. The third kappa shape index (κ3) is 3.62. The third-order valence-electron chi connectivity index (χ3n) is 5.09. The van der Waals surface area contributed by atoms with Gasteiger partial charge in [0.2, 0.25) is 0 Å². The Kier molecular flexibility index (Phi) is 5.33. The molecule has 1 aliphatic heterocycles. The van der Waals surface area contributed by atoms with Crippen molar-refractivity contribution >= 4 is 17.0 Å². The average molecular weight is 401 g/mol. The van der Waals surface area contributed by atoms with Crippen molar-refractivity contribution in [2.75, 3.05) is 19.5 Å². The Hall–Kier alpha value is -2.79. The summed E-state index contributed by atoms with van der Waals surface area (Å²) in [6.07, 6.45) is -1.34. The Bertz CT molecular complexity index is 979. The number of aliphatic hydroxyl groups excluding tert-OH is 2. The lowest BCUT2D eigenvalue weighted by atomic mass is 10.1. The normalized spacial score (nSPS) is 25.4. The molecule has 10 heteroatoms. The minimum atomic E-state index is -1.17. The highest BCUT2D eigenvalue weighted by atomic mass is 16.6. The van der Waals surface area contributed by atoms with Gasteiger partial charge in [-0.05, 0) is 24.6 Å². The lowest BCUT2D eigenvalue weighted by Crippen LogP contribution is -2.34. The number of fused-ring (bicyclic) bond motifs is 1. The molecule has 1 aliphatic rings. The Labute approximate surface area is 166 Å². The maximum atomic E-state index is 10.5. The Morgan fingerprint density at radius 3 is 2.66 bits per heavy atom. The second kappa shape index (κ2) is 7.91. The monoisotopic (exact) mass is 401 g/mol. The molecule has 29 heavy (non-hydrogen) atoms. The van der Waals surface area contributed by atoms with Crippen LogP contribution in [0.15, 0.2) is 36.9 Å². The quantitative estimate of drug-likeness (QED) is 0.548. The number of nitrogens with zero attached hydrogens (tertiary/aromatic N) is 4. The zero-order chi connectivity index (χ0) is 20.5. The second-order valence-corrected chi connectivity index (χ2v) is 6.88. The molecule has 4 rings (SSSR count). The summed E-state index contributed by atoms with van der Waals surface area (Å²) in [4.78, 5) is 12.2. The van der Waals surface area contributed by atoms with Gasteiger partial charge in [0.15, 0.2) is 17.7 Å². The van der Waals surface area contributed by atoms with Crippen LogP contribution in [0.1, 0.15) is 24.8 Å². The third-order valence-corrected chi connectivity index (χ3v) is 5.09. The maximum Gasteiger partial charge on any atom is 0.167 e. The molecule has 0 unspecified atom stereocenters. The number of rotatable bonds is 6. The maximum absolute atomic E-state index is 10.5. The van der Waals surface area contributed by atoms with Gasteiger partial charge in [-0.15, -0.1) is 0 Å². The molecular formula is C19H23N5O5. The van der Waals surface area contributed by atoms with Crippen LogP contribution in [0.4, 0.5) is 5.82 Å². The Balaban J connectivity index is 1.45. The fourth-order valence-corrected chi connectivity index (χ4v) is 3.36. The van der Waals surface area contributed by atoms with E-state index in [1.165, 1.54) is 17.2 Å². The molecule has 4 N–H and O–H groups in total. The summed E-state index contributed by atoms with van der Waals surface area (Å²) >= 11 is 0. The van der Waals surface area contributed by atoms with Gasteiger partial charge in [0.1, 0.15) is 35.9 Å². The highest BCUT2D eigenvalue weighted by molar-refractivity contribution is 5.81. The fraction of sp³-hybridized carbons (Fsp3) is 0.421. The second-order valence-electron chi connectivity index (χ2n) is 6.88. The van der Waals surface area contributed by atoms with E-state index in [0.29, 0.717) is 11.2 Å². The number of nitrogen functional groups attached to an aromatic ring is 1. The van der Waals surface area contributed by atoms with Gasteiger partial charge < -0.3 is 30.2 Å². The van der Waals surface area contributed by atoms with Crippen molar-refractivity contribution in [3.05, 3.63) is 42.5 Å². The molecule has 1 aromatic carbocycles. The van der Waals surface area contributed by atoms with E-state index in [1.54, 1.807) is 7.11 Å². The molecule has 2 aromatic heterocycles. The first-order valence-electron chi connectivity index (χ1n) is 9.19. The van der Waals surface area contributed by atoms with Gasteiger partial charge in [-0.2, -0.15) is 0 Å². The molecule has 5 atom stereocenters. The molecule has 0 amide bonds. The summed E-state index contributed by atoms with van der Waals surface area (Å²) in [5, 5.41) is 20.9. The molecule has 0 radical (unpaired) electrons. The average Bonchev–Trinajstić information content (AvgIpc) is 3.29. The number of methoxy groups -OCH3 is 1. The van der Waals surface area contributed by atoms with Gasteiger partial charge in [0, 0.05) is 0 Å². The summed E-state index contributed by atoms with van der Waals surface area (Å²) in [6, 6.07) is 7.53. The summed E-state index contributed by atoms with van der Waals surface area (Å²) in [5.41, 5.74) is 7.59. The van der Waals surface area contributed by atoms with Crippen molar-refractivity contribution in [1.82, 2.24) is 19.5 Å². The number of hydrogen-bond donors (Lipinski definition) is 3. The number of aromatic nitrogens is 4. The smallest absolute Gasteiger partial charge is 0.167 e. The van der Waals surface area contributed by atoms with Crippen molar-refractivity contribution < 1.29 is 24.4 Å². The molecule has 0 spiro atoms. The minimum absolute atomic E-state index is 0.103. The van der Waals surface area contributed by atoms with Crippen LogP contribution in [0.25, 0.3) is 11.2 Å². The van der Waals surface area contributed by atoms with Crippen molar-refractivity contribution in [3.63, 3.8) is 0 Å². The van der Waals surface area contributed by atoms with E-state index in [-0.39, 0.29) is 18.5 Å². The van der Waals surface area contributed by atoms with Crippen LogP contribution >= 0.6 is 0 Å². The molecule has 0 saturated carbocycles. The van der Waals surface area contributed by atoms with Crippen LogP contribution in [0.2, 0.25) is 0 Å². The van der Waals surface area contributed by atoms with Gasteiger partial charge in [-0.25, -0.2) is 15.0 Å². The van der Waals surface area contributed by atoms with Gasteiger partial charge in [-0.3, -0.25) is 4.57 Å². The number of nitrogens with two attached hydrogens (primary N) is 1. The molecule has 154 valence electrons. The molecule has 10 nitrogen and oxygen atoms in total. The van der Waals surface area contributed by atoms with Crippen LogP contribution in [0.5, 0.6) is 5.75 Å². The summed E-state index contributed by atoms with van der Waals surface area (Å²) in [7, 11) is 1.61. The van der Waals surface area contributed by atoms with E-state index in [9.17, 15) is 10.2 Å². The van der Waals surface area contributed by atoms with E-state index >= 15 is 0 Å². The number of imidazole rings is 1. The standard InChI is InChI=1S/C19H23N5O5/c1-10(11-3-5-12(27-2)6-4-11)28-7-13-15(25)16(26)19(29-13)24-9-23-14-17(20)21-8-22-18(14)24/h3-6,8-10,13,15-16,19,25-26H,7H2,1-2H3,(H2,20,21,22)/t10-,13-,15-,16-,19-/m1/s1. The minimum Gasteiger partial charge on any atom is -0.497 e. The number of anilines is 1. The SMILES string of the molecule is COc1ccc([C@@H](C)OC[C@H]2O[C@@H](n3cnc4c(N)ncnc43)[C@H](O)[C@@H]2O)cc1. The van der Waals surface area contributed by atoms with Gasteiger partial charge in [0.25, 0.3) is 0 Å². The molecule has 0 aliphatic carbocycles. The van der Waals surface area contributed by atoms with E-state index in [4.69, 9.17) is 19.9 Å². The summed E-state index contributed by atoms with van der Waals surface area (Å²) in [6.45, 7) is 2.01. The predicted octanol–water partition coefficient (Wildman–Crippen LogP) is 0.814. The van der Waals surface area contributed by atoms with Crippen LogP contribution in [0, 0.1) is 0 Å². The molecule has 3 heterocycles. The number of hydrogen-bond acceptors (Lipinski definition) is 9. The highest BCUT2D eigenvalue weighted by Gasteiger charge is 2.44. The van der Waals surface area contributed by atoms with Crippen LogP contribution in [-0.2, 0) is 9.47 Å². The first-order chi connectivity index (χ1) is 14.0. The molecule has 0 bridgehead atoms.